The SMILES string of the molecule is Cc1nc(C(=O)NCc2ccccn2)cc(C2CCCN(C)C2)n1. The minimum Gasteiger partial charge on any atom is -0.345 e. The van der Waals surface area contributed by atoms with Crippen LogP contribution in [0.3, 0.4) is 0 Å². The van der Waals surface area contributed by atoms with Crippen molar-refractivity contribution in [3.8, 4) is 0 Å². The summed E-state index contributed by atoms with van der Waals surface area (Å²) in [4.78, 5) is 27.8. The maximum absolute atomic E-state index is 12.4. The first-order valence-corrected chi connectivity index (χ1v) is 8.34. The van der Waals surface area contributed by atoms with Gasteiger partial charge in [-0.15, -0.1) is 0 Å². The fourth-order valence-electron chi connectivity index (χ4n) is 3.09. The second-order valence-electron chi connectivity index (χ2n) is 6.33. The molecule has 1 saturated heterocycles. The molecule has 1 aliphatic heterocycles. The van der Waals surface area contributed by atoms with Crippen molar-refractivity contribution in [1.29, 1.82) is 0 Å². The molecule has 0 saturated carbocycles. The number of amides is 1. The van der Waals surface area contributed by atoms with Crippen LogP contribution >= 0.6 is 0 Å². The Kier molecular flexibility index (Phi) is 5.15. The molecule has 1 aliphatic rings. The number of rotatable bonds is 4. The fraction of sp³-hybridized carbons (Fsp3) is 0.444. The number of pyridine rings is 1. The van der Waals surface area contributed by atoms with E-state index in [9.17, 15) is 4.79 Å². The number of carbonyl (C=O) groups is 1. The van der Waals surface area contributed by atoms with Crippen LogP contribution in [0.25, 0.3) is 0 Å². The molecule has 1 unspecified atom stereocenters. The molecular formula is C18H23N5O. The second kappa shape index (κ2) is 7.49. The number of likely N-dealkylation sites (tertiary alicyclic amines) is 1. The number of nitrogens with one attached hydrogen (secondary N) is 1. The quantitative estimate of drug-likeness (QED) is 0.930. The van der Waals surface area contributed by atoms with Crippen molar-refractivity contribution in [2.75, 3.05) is 20.1 Å². The molecule has 2 aromatic heterocycles. The van der Waals surface area contributed by atoms with E-state index < -0.39 is 0 Å². The molecule has 3 rings (SSSR count). The molecule has 1 fully saturated rings. The molecule has 1 N–H and O–H groups in total. The van der Waals surface area contributed by atoms with Crippen molar-refractivity contribution >= 4 is 5.91 Å². The summed E-state index contributed by atoms with van der Waals surface area (Å²) in [6.07, 6.45) is 3.98. The van der Waals surface area contributed by atoms with E-state index in [4.69, 9.17) is 0 Å². The zero-order valence-corrected chi connectivity index (χ0v) is 14.2. The van der Waals surface area contributed by atoms with Crippen LogP contribution in [0.1, 0.15) is 46.5 Å². The lowest BCUT2D eigenvalue weighted by Crippen LogP contribution is -2.32. The Morgan fingerprint density at radius 1 is 1.38 bits per heavy atom. The summed E-state index contributed by atoms with van der Waals surface area (Å²) in [5.41, 5.74) is 2.23. The monoisotopic (exact) mass is 325 g/mol. The third kappa shape index (κ3) is 4.14. The van der Waals surface area contributed by atoms with Gasteiger partial charge in [0.15, 0.2) is 0 Å². The van der Waals surface area contributed by atoms with Gasteiger partial charge in [0.25, 0.3) is 5.91 Å². The van der Waals surface area contributed by atoms with Crippen LogP contribution in [-0.4, -0.2) is 45.9 Å². The maximum atomic E-state index is 12.4. The molecule has 0 aromatic carbocycles. The van der Waals surface area contributed by atoms with E-state index in [1.54, 1.807) is 6.20 Å². The summed E-state index contributed by atoms with van der Waals surface area (Å²) in [7, 11) is 2.13. The Morgan fingerprint density at radius 3 is 3.00 bits per heavy atom. The molecule has 3 heterocycles. The van der Waals surface area contributed by atoms with Crippen LogP contribution in [-0.2, 0) is 6.54 Å². The van der Waals surface area contributed by atoms with Crippen molar-refractivity contribution < 1.29 is 4.79 Å². The average Bonchev–Trinajstić information content (AvgIpc) is 2.60. The van der Waals surface area contributed by atoms with Gasteiger partial charge in [-0.3, -0.25) is 9.78 Å². The highest BCUT2D eigenvalue weighted by molar-refractivity contribution is 5.92. The zero-order valence-electron chi connectivity index (χ0n) is 14.2. The summed E-state index contributed by atoms with van der Waals surface area (Å²) < 4.78 is 0. The highest BCUT2D eigenvalue weighted by Crippen LogP contribution is 2.25. The molecule has 0 aliphatic carbocycles. The Bertz CT molecular complexity index is 704. The van der Waals surface area contributed by atoms with E-state index >= 15 is 0 Å². The van der Waals surface area contributed by atoms with Gasteiger partial charge in [-0.2, -0.15) is 0 Å². The van der Waals surface area contributed by atoms with Crippen molar-refractivity contribution in [3.63, 3.8) is 0 Å². The lowest BCUT2D eigenvalue weighted by atomic mass is 9.94. The molecule has 1 atom stereocenters. The van der Waals surface area contributed by atoms with Crippen LogP contribution < -0.4 is 5.32 Å². The number of hydrogen-bond donors (Lipinski definition) is 1. The van der Waals surface area contributed by atoms with Crippen molar-refractivity contribution in [2.24, 2.45) is 0 Å². The molecule has 24 heavy (non-hydrogen) atoms. The minimum atomic E-state index is -0.184. The van der Waals surface area contributed by atoms with Crippen molar-refractivity contribution in [2.45, 2.75) is 32.2 Å². The third-order valence-corrected chi connectivity index (χ3v) is 4.29. The summed E-state index contributed by atoms with van der Waals surface area (Å²) in [6, 6.07) is 7.48. The number of nitrogens with zero attached hydrogens (tertiary/aromatic N) is 4. The minimum absolute atomic E-state index is 0.184. The van der Waals surface area contributed by atoms with Gasteiger partial charge in [-0.25, -0.2) is 9.97 Å². The van der Waals surface area contributed by atoms with Gasteiger partial charge in [0.2, 0.25) is 0 Å². The van der Waals surface area contributed by atoms with E-state index in [1.807, 2.05) is 31.2 Å². The molecule has 0 radical (unpaired) electrons. The van der Waals surface area contributed by atoms with Gasteiger partial charge in [-0.05, 0) is 51.6 Å². The smallest absolute Gasteiger partial charge is 0.270 e. The Balaban J connectivity index is 1.72. The number of aromatic nitrogens is 3. The molecule has 126 valence electrons. The topological polar surface area (TPSA) is 71.0 Å². The lowest BCUT2D eigenvalue weighted by molar-refractivity contribution is 0.0944. The Hall–Kier alpha value is -2.34. The van der Waals surface area contributed by atoms with Crippen molar-refractivity contribution in [1.82, 2.24) is 25.2 Å². The van der Waals surface area contributed by atoms with Gasteiger partial charge >= 0.3 is 0 Å². The predicted molar refractivity (Wildman–Crippen MR) is 91.6 cm³/mol. The summed E-state index contributed by atoms with van der Waals surface area (Å²) in [5.74, 6) is 0.827. The van der Waals surface area contributed by atoms with Gasteiger partial charge in [0, 0.05) is 24.4 Å². The number of aryl methyl sites for hydroxylation is 1. The highest BCUT2D eigenvalue weighted by atomic mass is 16.1. The van der Waals surface area contributed by atoms with E-state index in [2.05, 4.69) is 32.2 Å². The molecule has 1 amide bonds. The number of piperidine rings is 1. The highest BCUT2D eigenvalue weighted by Gasteiger charge is 2.22. The Morgan fingerprint density at radius 2 is 2.25 bits per heavy atom. The number of carbonyl (C=O) groups excluding carboxylic acids is 1. The van der Waals surface area contributed by atoms with Gasteiger partial charge in [-0.1, -0.05) is 6.07 Å². The van der Waals surface area contributed by atoms with E-state index in [1.165, 1.54) is 0 Å². The first-order chi connectivity index (χ1) is 11.6. The number of hydrogen-bond acceptors (Lipinski definition) is 5. The molecule has 6 heteroatoms. The summed E-state index contributed by atoms with van der Waals surface area (Å²) in [5, 5.41) is 2.88. The summed E-state index contributed by atoms with van der Waals surface area (Å²) >= 11 is 0. The zero-order chi connectivity index (χ0) is 16.9. The van der Waals surface area contributed by atoms with E-state index in [0.717, 1.165) is 37.3 Å². The Labute approximate surface area is 142 Å². The predicted octanol–water partition coefficient (Wildman–Crippen LogP) is 1.92. The molecular weight excluding hydrogens is 302 g/mol. The average molecular weight is 325 g/mol. The maximum Gasteiger partial charge on any atom is 0.270 e. The molecule has 0 bridgehead atoms. The fourth-order valence-corrected chi connectivity index (χ4v) is 3.09. The standard InChI is InChI=1S/C18H23N5O/c1-13-21-16(14-6-5-9-23(2)12-14)10-17(22-13)18(24)20-11-15-7-3-4-8-19-15/h3-4,7-8,10,14H,5-6,9,11-12H2,1-2H3,(H,20,24). The van der Waals surface area contributed by atoms with Crippen LogP contribution in [0.15, 0.2) is 30.5 Å². The third-order valence-electron chi connectivity index (χ3n) is 4.29. The molecule has 2 aromatic rings. The summed E-state index contributed by atoms with van der Waals surface area (Å²) in [6.45, 7) is 4.33. The number of likely N-dealkylation sites (N-methyl/N-ethyl adjacent to an activating group) is 1. The van der Waals surface area contributed by atoms with Crippen LogP contribution in [0.2, 0.25) is 0 Å². The van der Waals surface area contributed by atoms with Crippen LogP contribution in [0, 0.1) is 6.92 Å². The first kappa shape index (κ1) is 16.5. The van der Waals surface area contributed by atoms with E-state index in [-0.39, 0.29) is 5.91 Å². The van der Waals surface area contributed by atoms with Crippen LogP contribution in [0.5, 0.6) is 0 Å². The first-order valence-electron chi connectivity index (χ1n) is 8.34. The van der Waals surface area contributed by atoms with E-state index in [0.29, 0.717) is 24.0 Å². The van der Waals surface area contributed by atoms with Crippen molar-refractivity contribution in [3.05, 3.63) is 53.4 Å². The van der Waals surface area contributed by atoms with Gasteiger partial charge < -0.3 is 10.2 Å². The normalized spacial score (nSPS) is 18.3. The second-order valence-corrected chi connectivity index (χ2v) is 6.33. The molecule has 0 spiro atoms. The van der Waals surface area contributed by atoms with Gasteiger partial charge in [0.1, 0.15) is 11.5 Å². The largest absolute Gasteiger partial charge is 0.345 e. The van der Waals surface area contributed by atoms with Gasteiger partial charge in [0.05, 0.1) is 12.2 Å². The van der Waals surface area contributed by atoms with Crippen LogP contribution in [0.4, 0.5) is 0 Å². The molecule has 6 nitrogen and oxygen atoms in total. The lowest BCUT2D eigenvalue weighted by Gasteiger charge is -2.29.